The highest BCUT2D eigenvalue weighted by atomic mass is 16.5. The summed E-state index contributed by atoms with van der Waals surface area (Å²) < 4.78 is 5.12. The van der Waals surface area contributed by atoms with Gasteiger partial charge in [-0.25, -0.2) is 0 Å². The van der Waals surface area contributed by atoms with E-state index in [4.69, 9.17) is 4.74 Å². The van der Waals surface area contributed by atoms with E-state index < -0.39 is 0 Å². The molecule has 0 bridgehead atoms. The quantitative estimate of drug-likeness (QED) is 0.788. The van der Waals surface area contributed by atoms with Crippen LogP contribution in [0.5, 0.6) is 5.75 Å². The van der Waals surface area contributed by atoms with Crippen LogP contribution in [0, 0.1) is 0 Å². The first-order valence-corrected chi connectivity index (χ1v) is 9.45. The number of hydrogen-bond acceptors (Lipinski definition) is 5. The van der Waals surface area contributed by atoms with Gasteiger partial charge in [-0.3, -0.25) is 19.4 Å². The molecule has 1 aliphatic rings. The Balaban J connectivity index is 1.76. The van der Waals surface area contributed by atoms with Gasteiger partial charge in [-0.1, -0.05) is 0 Å². The van der Waals surface area contributed by atoms with Crippen LogP contribution in [0.25, 0.3) is 0 Å². The monoisotopic (exact) mass is 376 g/mol. The Morgan fingerprint density at radius 1 is 0.963 bits per heavy atom. The Kier molecular flexibility index (Phi) is 7.62. The summed E-state index contributed by atoms with van der Waals surface area (Å²) in [5.41, 5.74) is 0.547. The Hall–Kier alpha value is -2.12. The van der Waals surface area contributed by atoms with Gasteiger partial charge in [0.25, 0.3) is 0 Å². The number of nitrogens with one attached hydrogen (secondary N) is 2. The Morgan fingerprint density at radius 2 is 1.52 bits per heavy atom. The van der Waals surface area contributed by atoms with Crippen molar-refractivity contribution in [2.45, 2.75) is 32.7 Å². The first kappa shape index (κ1) is 21.2. The molecule has 2 rings (SSSR count). The minimum Gasteiger partial charge on any atom is -0.497 e. The fourth-order valence-corrected chi connectivity index (χ4v) is 3.08. The third-order valence-electron chi connectivity index (χ3n) is 4.30. The van der Waals surface area contributed by atoms with E-state index >= 15 is 0 Å². The van der Waals surface area contributed by atoms with Gasteiger partial charge in [0.1, 0.15) is 5.75 Å². The number of methoxy groups -OCH3 is 1. The van der Waals surface area contributed by atoms with E-state index in [0.717, 1.165) is 44.0 Å². The van der Waals surface area contributed by atoms with Gasteiger partial charge in [-0.15, -0.1) is 0 Å². The Morgan fingerprint density at radius 3 is 2.04 bits per heavy atom. The lowest BCUT2D eigenvalue weighted by Gasteiger charge is -2.25. The third-order valence-corrected chi connectivity index (χ3v) is 4.30. The minimum absolute atomic E-state index is 0.0286. The van der Waals surface area contributed by atoms with Gasteiger partial charge in [-0.05, 0) is 64.5 Å². The molecule has 2 amide bonds. The number of hydrogen-bond donors (Lipinski definition) is 2. The van der Waals surface area contributed by atoms with E-state index in [1.54, 1.807) is 7.11 Å². The van der Waals surface area contributed by atoms with Crippen molar-refractivity contribution in [2.24, 2.45) is 0 Å². The molecule has 0 aromatic heterocycles. The molecule has 0 unspecified atom stereocenters. The zero-order chi connectivity index (χ0) is 19.9. The fraction of sp³-hybridized carbons (Fsp3) is 0.600. The van der Waals surface area contributed by atoms with Gasteiger partial charge in [0.2, 0.25) is 11.8 Å². The summed E-state index contributed by atoms with van der Waals surface area (Å²) >= 11 is 0. The predicted molar refractivity (Wildman–Crippen MR) is 107 cm³/mol. The van der Waals surface area contributed by atoms with Crippen molar-refractivity contribution in [3.05, 3.63) is 24.3 Å². The summed E-state index contributed by atoms with van der Waals surface area (Å²) in [6.45, 7) is 9.99. The number of rotatable bonds is 6. The zero-order valence-corrected chi connectivity index (χ0v) is 16.9. The Labute approximate surface area is 162 Å². The second kappa shape index (κ2) is 9.71. The van der Waals surface area contributed by atoms with Crippen LogP contribution in [-0.4, -0.2) is 73.5 Å². The average Bonchev–Trinajstić information content (AvgIpc) is 2.79. The lowest BCUT2D eigenvalue weighted by molar-refractivity contribution is -0.123. The Bertz CT molecular complexity index is 625. The molecule has 0 saturated carbocycles. The lowest BCUT2D eigenvalue weighted by atomic mass is 10.1. The predicted octanol–water partition coefficient (Wildman–Crippen LogP) is 1.56. The molecule has 150 valence electrons. The van der Waals surface area contributed by atoms with Crippen LogP contribution in [0.4, 0.5) is 5.69 Å². The molecule has 7 heteroatoms. The molecule has 2 N–H and O–H groups in total. The number of carbonyl (C=O) groups excluding carboxylic acids is 2. The normalized spacial score (nSPS) is 16.4. The lowest BCUT2D eigenvalue weighted by Crippen LogP contribution is -2.46. The van der Waals surface area contributed by atoms with E-state index in [1.165, 1.54) is 0 Å². The number of nitrogens with zero attached hydrogens (tertiary/aromatic N) is 2. The first-order chi connectivity index (χ1) is 12.7. The van der Waals surface area contributed by atoms with Crippen molar-refractivity contribution in [3.8, 4) is 5.75 Å². The average molecular weight is 377 g/mol. The molecule has 27 heavy (non-hydrogen) atoms. The maximum Gasteiger partial charge on any atom is 0.238 e. The maximum atomic E-state index is 12.3. The van der Waals surface area contributed by atoms with Crippen LogP contribution < -0.4 is 15.4 Å². The molecule has 7 nitrogen and oxygen atoms in total. The molecule has 1 aromatic rings. The number of benzene rings is 1. The molecule has 0 spiro atoms. The summed E-state index contributed by atoms with van der Waals surface area (Å²) in [7, 11) is 1.61. The van der Waals surface area contributed by atoms with Crippen LogP contribution in [0.2, 0.25) is 0 Å². The smallest absolute Gasteiger partial charge is 0.238 e. The number of ether oxygens (including phenoxy) is 1. The highest BCUT2D eigenvalue weighted by Crippen LogP contribution is 2.15. The standard InChI is InChI=1S/C20H32N4O3/c1-20(2,3)22-19(26)15-24-11-5-10-23(12-13-24)14-18(25)21-16-6-8-17(27-4)9-7-16/h6-9H,5,10-15H2,1-4H3,(H,21,25)(H,22,26). The fourth-order valence-electron chi connectivity index (χ4n) is 3.08. The van der Waals surface area contributed by atoms with E-state index in [-0.39, 0.29) is 17.4 Å². The van der Waals surface area contributed by atoms with Crippen LogP contribution in [0.1, 0.15) is 27.2 Å². The molecule has 1 aromatic carbocycles. The molecular formula is C20H32N4O3. The molecule has 1 heterocycles. The largest absolute Gasteiger partial charge is 0.497 e. The van der Waals surface area contributed by atoms with Crippen molar-refractivity contribution in [1.82, 2.24) is 15.1 Å². The summed E-state index contributed by atoms with van der Waals surface area (Å²) in [5.74, 6) is 0.781. The topological polar surface area (TPSA) is 73.9 Å². The van der Waals surface area contributed by atoms with E-state index in [9.17, 15) is 9.59 Å². The molecular weight excluding hydrogens is 344 g/mol. The SMILES string of the molecule is COc1ccc(NC(=O)CN2CCCN(CC(=O)NC(C)(C)C)CC2)cc1. The number of amides is 2. The van der Waals surface area contributed by atoms with Crippen LogP contribution in [0.3, 0.4) is 0 Å². The van der Waals surface area contributed by atoms with Crippen molar-refractivity contribution in [1.29, 1.82) is 0 Å². The van der Waals surface area contributed by atoms with Crippen molar-refractivity contribution in [3.63, 3.8) is 0 Å². The van der Waals surface area contributed by atoms with Gasteiger partial charge in [-0.2, -0.15) is 0 Å². The van der Waals surface area contributed by atoms with E-state index in [0.29, 0.717) is 13.1 Å². The molecule has 0 atom stereocenters. The van der Waals surface area contributed by atoms with Gasteiger partial charge in [0.15, 0.2) is 0 Å². The van der Waals surface area contributed by atoms with Gasteiger partial charge in [0, 0.05) is 24.3 Å². The first-order valence-electron chi connectivity index (χ1n) is 9.45. The summed E-state index contributed by atoms with van der Waals surface area (Å²) in [4.78, 5) is 28.7. The van der Waals surface area contributed by atoms with E-state index in [2.05, 4.69) is 20.4 Å². The van der Waals surface area contributed by atoms with Crippen LogP contribution in [-0.2, 0) is 9.59 Å². The molecule has 1 saturated heterocycles. The third kappa shape index (κ3) is 7.97. The van der Waals surface area contributed by atoms with Gasteiger partial charge < -0.3 is 15.4 Å². The van der Waals surface area contributed by atoms with Crippen molar-refractivity contribution >= 4 is 17.5 Å². The molecule has 0 radical (unpaired) electrons. The minimum atomic E-state index is -0.214. The number of anilines is 1. The van der Waals surface area contributed by atoms with Crippen LogP contribution in [0.15, 0.2) is 24.3 Å². The molecule has 1 aliphatic heterocycles. The molecule has 1 fully saturated rings. The van der Waals surface area contributed by atoms with E-state index in [1.807, 2.05) is 45.0 Å². The second-order valence-electron chi connectivity index (χ2n) is 7.98. The molecule has 0 aliphatic carbocycles. The van der Waals surface area contributed by atoms with Gasteiger partial charge >= 0.3 is 0 Å². The van der Waals surface area contributed by atoms with Crippen LogP contribution >= 0.6 is 0 Å². The summed E-state index contributed by atoms with van der Waals surface area (Å²) in [5, 5.41) is 5.91. The second-order valence-corrected chi connectivity index (χ2v) is 7.98. The van der Waals surface area contributed by atoms with Crippen molar-refractivity contribution in [2.75, 3.05) is 51.7 Å². The highest BCUT2D eigenvalue weighted by Gasteiger charge is 2.20. The zero-order valence-electron chi connectivity index (χ0n) is 16.9. The van der Waals surface area contributed by atoms with Crippen molar-refractivity contribution < 1.29 is 14.3 Å². The summed E-state index contributed by atoms with van der Waals surface area (Å²) in [6.07, 6.45) is 0.943. The summed E-state index contributed by atoms with van der Waals surface area (Å²) in [6, 6.07) is 7.30. The van der Waals surface area contributed by atoms with Gasteiger partial charge in [0.05, 0.1) is 20.2 Å². The highest BCUT2D eigenvalue weighted by molar-refractivity contribution is 5.92. The number of carbonyl (C=O) groups is 2. The maximum absolute atomic E-state index is 12.3.